The number of pyridine rings is 1. The van der Waals surface area contributed by atoms with Crippen LogP contribution in [0.1, 0.15) is 16.2 Å². The Labute approximate surface area is 116 Å². The van der Waals surface area contributed by atoms with Gasteiger partial charge in [-0.15, -0.1) is 0 Å². The molecule has 0 aliphatic heterocycles. The van der Waals surface area contributed by atoms with E-state index < -0.39 is 0 Å². The van der Waals surface area contributed by atoms with Crippen molar-refractivity contribution < 1.29 is 4.79 Å². The molecule has 2 heterocycles. The van der Waals surface area contributed by atoms with E-state index in [2.05, 4.69) is 10.3 Å². The van der Waals surface area contributed by atoms with E-state index in [0.717, 1.165) is 5.65 Å². The number of hydrogen-bond donors (Lipinski definition) is 2. The topological polar surface area (TPSA) is 72.4 Å². The van der Waals surface area contributed by atoms with Crippen LogP contribution in [0.2, 0.25) is 0 Å². The van der Waals surface area contributed by atoms with Gasteiger partial charge in [-0.05, 0) is 43.3 Å². The Morgan fingerprint density at radius 1 is 1.20 bits per heavy atom. The van der Waals surface area contributed by atoms with Crippen LogP contribution in [0.25, 0.3) is 5.65 Å². The molecule has 0 aliphatic rings. The summed E-state index contributed by atoms with van der Waals surface area (Å²) < 4.78 is 1.78. The minimum atomic E-state index is -0.189. The third-order valence-corrected chi connectivity index (χ3v) is 3.09. The summed E-state index contributed by atoms with van der Waals surface area (Å²) in [4.78, 5) is 16.8. The number of aryl methyl sites for hydroxylation is 1. The number of fused-ring (bicyclic) bond motifs is 1. The normalized spacial score (nSPS) is 10.7. The highest BCUT2D eigenvalue weighted by Crippen LogP contribution is 2.15. The van der Waals surface area contributed by atoms with Gasteiger partial charge in [0.05, 0.1) is 5.69 Å². The molecule has 5 nitrogen and oxygen atoms in total. The van der Waals surface area contributed by atoms with Gasteiger partial charge < -0.3 is 11.1 Å². The van der Waals surface area contributed by atoms with Crippen molar-refractivity contribution >= 4 is 22.9 Å². The molecule has 5 heteroatoms. The summed E-state index contributed by atoms with van der Waals surface area (Å²) in [5, 5.41) is 2.85. The number of carbonyl (C=O) groups is 1. The van der Waals surface area contributed by atoms with E-state index in [1.54, 1.807) is 28.7 Å². The lowest BCUT2D eigenvalue weighted by Crippen LogP contribution is -2.15. The number of carbonyl (C=O) groups excluding carboxylic acids is 1. The second-order valence-electron chi connectivity index (χ2n) is 4.55. The number of hydrogen-bond acceptors (Lipinski definition) is 3. The van der Waals surface area contributed by atoms with Crippen LogP contribution >= 0.6 is 0 Å². The molecule has 0 radical (unpaired) electrons. The van der Waals surface area contributed by atoms with Crippen molar-refractivity contribution in [3.63, 3.8) is 0 Å². The molecular weight excluding hydrogens is 252 g/mol. The number of imidazole rings is 1. The zero-order valence-corrected chi connectivity index (χ0v) is 11.0. The van der Waals surface area contributed by atoms with Crippen LogP contribution in [0.3, 0.4) is 0 Å². The van der Waals surface area contributed by atoms with E-state index in [1.807, 2.05) is 31.3 Å². The predicted octanol–water partition coefficient (Wildman–Crippen LogP) is 2.48. The zero-order chi connectivity index (χ0) is 14.1. The largest absolute Gasteiger partial charge is 0.399 e. The number of nitrogens with one attached hydrogen (secondary N) is 1. The number of nitrogens with two attached hydrogens (primary N) is 1. The predicted molar refractivity (Wildman–Crippen MR) is 78.7 cm³/mol. The number of anilines is 2. The Kier molecular flexibility index (Phi) is 2.87. The van der Waals surface area contributed by atoms with Crippen LogP contribution in [-0.2, 0) is 0 Å². The summed E-state index contributed by atoms with van der Waals surface area (Å²) >= 11 is 0. The third-order valence-electron chi connectivity index (χ3n) is 3.09. The van der Waals surface area contributed by atoms with E-state index in [1.165, 1.54) is 0 Å². The van der Waals surface area contributed by atoms with Crippen LogP contribution in [0.4, 0.5) is 11.4 Å². The van der Waals surface area contributed by atoms with Crippen molar-refractivity contribution in [2.24, 2.45) is 0 Å². The van der Waals surface area contributed by atoms with Crippen molar-refractivity contribution in [2.75, 3.05) is 11.1 Å². The van der Waals surface area contributed by atoms with Crippen LogP contribution in [0.5, 0.6) is 0 Å². The second-order valence-corrected chi connectivity index (χ2v) is 4.55. The molecule has 0 spiro atoms. The number of nitrogen functional groups attached to an aromatic ring is 1. The molecule has 3 N–H and O–H groups in total. The fraction of sp³-hybridized carbons (Fsp3) is 0.0667. The Balaban J connectivity index is 1.96. The van der Waals surface area contributed by atoms with Gasteiger partial charge in [-0.25, -0.2) is 4.98 Å². The highest BCUT2D eigenvalue weighted by atomic mass is 16.2. The lowest BCUT2D eigenvalue weighted by Gasteiger charge is -2.06. The first-order chi connectivity index (χ1) is 9.65. The number of nitrogens with zero attached hydrogens (tertiary/aromatic N) is 2. The van der Waals surface area contributed by atoms with Crippen LogP contribution in [0, 0.1) is 6.92 Å². The van der Waals surface area contributed by atoms with Gasteiger partial charge in [0.2, 0.25) is 0 Å². The van der Waals surface area contributed by atoms with Crippen molar-refractivity contribution in [3.8, 4) is 0 Å². The molecule has 0 saturated heterocycles. The molecule has 0 saturated carbocycles. The van der Waals surface area contributed by atoms with Crippen molar-refractivity contribution in [3.05, 3.63) is 60.0 Å². The molecule has 0 bridgehead atoms. The summed E-state index contributed by atoms with van der Waals surface area (Å²) in [6.45, 7) is 1.82. The minimum Gasteiger partial charge on any atom is -0.399 e. The highest BCUT2D eigenvalue weighted by Gasteiger charge is 2.16. The third kappa shape index (κ3) is 2.09. The van der Waals surface area contributed by atoms with Gasteiger partial charge in [0.1, 0.15) is 11.3 Å². The van der Waals surface area contributed by atoms with Crippen molar-refractivity contribution in [2.45, 2.75) is 6.92 Å². The summed E-state index contributed by atoms with van der Waals surface area (Å²) in [5.74, 6) is -0.189. The van der Waals surface area contributed by atoms with Gasteiger partial charge in [-0.3, -0.25) is 9.20 Å². The smallest absolute Gasteiger partial charge is 0.274 e. The molecule has 0 aliphatic carbocycles. The van der Waals surface area contributed by atoms with E-state index in [-0.39, 0.29) is 5.91 Å². The van der Waals surface area contributed by atoms with E-state index >= 15 is 0 Å². The van der Waals surface area contributed by atoms with Crippen LogP contribution in [-0.4, -0.2) is 15.3 Å². The molecule has 0 atom stereocenters. The molecule has 1 aromatic carbocycles. The lowest BCUT2D eigenvalue weighted by molar-refractivity contribution is 0.102. The zero-order valence-electron chi connectivity index (χ0n) is 11.0. The maximum absolute atomic E-state index is 12.4. The second kappa shape index (κ2) is 4.70. The van der Waals surface area contributed by atoms with Gasteiger partial charge in [0.15, 0.2) is 0 Å². The summed E-state index contributed by atoms with van der Waals surface area (Å²) in [6.07, 6.45) is 1.83. The Bertz CT molecular complexity index is 774. The van der Waals surface area contributed by atoms with Gasteiger partial charge >= 0.3 is 0 Å². The van der Waals surface area contributed by atoms with Gasteiger partial charge in [0.25, 0.3) is 5.91 Å². The molecule has 3 aromatic rings. The van der Waals surface area contributed by atoms with E-state index in [0.29, 0.717) is 22.8 Å². The van der Waals surface area contributed by atoms with Crippen molar-refractivity contribution in [1.82, 2.24) is 9.38 Å². The Morgan fingerprint density at radius 2 is 1.95 bits per heavy atom. The number of rotatable bonds is 2. The summed E-state index contributed by atoms with van der Waals surface area (Å²) in [7, 11) is 0. The molecule has 0 fully saturated rings. The Hall–Kier alpha value is -2.82. The first kappa shape index (κ1) is 12.2. The number of aromatic nitrogens is 2. The fourth-order valence-electron chi connectivity index (χ4n) is 2.14. The maximum Gasteiger partial charge on any atom is 0.274 e. The van der Waals surface area contributed by atoms with Gasteiger partial charge in [0, 0.05) is 17.6 Å². The molecule has 3 rings (SSSR count). The Morgan fingerprint density at radius 3 is 2.70 bits per heavy atom. The number of benzene rings is 1. The summed E-state index contributed by atoms with van der Waals surface area (Å²) in [6, 6.07) is 12.7. The van der Waals surface area contributed by atoms with Crippen LogP contribution < -0.4 is 11.1 Å². The quantitative estimate of drug-likeness (QED) is 0.700. The van der Waals surface area contributed by atoms with E-state index in [9.17, 15) is 4.79 Å². The van der Waals surface area contributed by atoms with Crippen molar-refractivity contribution in [1.29, 1.82) is 0 Å². The fourth-order valence-corrected chi connectivity index (χ4v) is 2.14. The number of amides is 1. The molecule has 0 unspecified atom stereocenters. The minimum absolute atomic E-state index is 0.189. The average molecular weight is 266 g/mol. The van der Waals surface area contributed by atoms with Gasteiger partial charge in [-0.2, -0.15) is 0 Å². The maximum atomic E-state index is 12.4. The molecular formula is C15H14N4O. The molecule has 100 valence electrons. The standard InChI is InChI=1S/C15H14N4O/c1-10-14(19-9-3-2-4-13(19)17-10)15(20)18-12-7-5-11(16)6-8-12/h2-9H,16H2,1H3,(H,18,20). The van der Waals surface area contributed by atoms with Crippen LogP contribution in [0.15, 0.2) is 48.7 Å². The highest BCUT2D eigenvalue weighted by molar-refractivity contribution is 6.04. The molecule has 2 aromatic heterocycles. The monoisotopic (exact) mass is 266 g/mol. The molecule has 1 amide bonds. The lowest BCUT2D eigenvalue weighted by atomic mass is 10.2. The average Bonchev–Trinajstić information content (AvgIpc) is 2.77. The SMILES string of the molecule is Cc1nc2ccccn2c1C(=O)Nc1ccc(N)cc1. The summed E-state index contributed by atoms with van der Waals surface area (Å²) in [5.41, 5.74) is 8.98. The van der Waals surface area contributed by atoms with Gasteiger partial charge in [-0.1, -0.05) is 6.07 Å². The molecule has 20 heavy (non-hydrogen) atoms. The van der Waals surface area contributed by atoms with E-state index in [4.69, 9.17) is 5.73 Å². The first-order valence-corrected chi connectivity index (χ1v) is 6.26. The first-order valence-electron chi connectivity index (χ1n) is 6.26.